The van der Waals surface area contributed by atoms with Crippen molar-refractivity contribution >= 4 is 39.3 Å². The van der Waals surface area contributed by atoms with Crippen LogP contribution in [0.5, 0.6) is 0 Å². The van der Waals surface area contributed by atoms with Crippen LogP contribution in [0.25, 0.3) is 0 Å². The van der Waals surface area contributed by atoms with E-state index >= 15 is 0 Å². The lowest BCUT2D eigenvalue weighted by Gasteiger charge is -2.14. The first-order chi connectivity index (χ1) is 11.9. The van der Waals surface area contributed by atoms with Crippen molar-refractivity contribution in [3.05, 3.63) is 58.3 Å². The van der Waals surface area contributed by atoms with Gasteiger partial charge in [0, 0.05) is 22.7 Å². The third-order valence-electron chi connectivity index (χ3n) is 3.39. The van der Waals surface area contributed by atoms with E-state index < -0.39 is 17.9 Å². The first-order valence-electron chi connectivity index (χ1n) is 7.42. The number of anilines is 1. The standard InChI is InChI=1S/C17H16BrN3O4/c18-10-4-6-13(21-17(25)12(19)5-7-15(22)23)11(9-10)16(24)14-3-1-2-8-20-14/h1-4,6,8-9,12H,5,7,19H2,(H,21,25)(H,22,23). The van der Waals surface area contributed by atoms with Crippen molar-refractivity contribution in [1.29, 1.82) is 0 Å². The molecule has 2 aromatic rings. The number of carbonyl (C=O) groups is 3. The highest BCUT2D eigenvalue weighted by molar-refractivity contribution is 9.10. The van der Waals surface area contributed by atoms with Gasteiger partial charge in [0.15, 0.2) is 0 Å². The van der Waals surface area contributed by atoms with Crippen molar-refractivity contribution < 1.29 is 19.5 Å². The minimum absolute atomic E-state index is 0.00121. The van der Waals surface area contributed by atoms with Crippen molar-refractivity contribution in [2.75, 3.05) is 5.32 Å². The second kappa shape index (κ2) is 8.50. The highest BCUT2D eigenvalue weighted by Gasteiger charge is 2.20. The molecule has 25 heavy (non-hydrogen) atoms. The fourth-order valence-electron chi connectivity index (χ4n) is 2.08. The number of nitrogens with two attached hydrogens (primary N) is 1. The molecular formula is C17H16BrN3O4. The Hall–Kier alpha value is -2.58. The molecule has 2 rings (SSSR count). The molecule has 1 atom stereocenters. The Bertz CT molecular complexity index is 796. The number of nitrogens with zero attached hydrogens (tertiary/aromatic N) is 1. The number of aromatic nitrogens is 1. The zero-order valence-corrected chi connectivity index (χ0v) is 14.7. The van der Waals surface area contributed by atoms with Gasteiger partial charge in [-0.15, -0.1) is 0 Å². The highest BCUT2D eigenvalue weighted by Crippen LogP contribution is 2.23. The molecule has 7 nitrogen and oxygen atoms in total. The van der Waals surface area contributed by atoms with E-state index in [4.69, 9.17) is 10.8 Å². The van der Waals surface area contributed by atoms with Gasteiger partial charge >= 0.3 is 5.97 Å². The summed E-state index contributed by atoms with van der Waals surface area (Å²) in [5, 5.41) is 11.2. The van der Waals surface area contributed by atoms with E-state index in [0.717, 1.165) is 0 Å². The van der Waals surface area contributed by atoms with Crippen molar-refractivity contribution in [1.82, 2.24) is 4.98 Å². The lowest BCUT2D eigenvalue weighted by Crippen LogP contribution is -2.36. The molecule has 1 unspecified atom stereocenters. The Kier molecular flexibility index (Phi) is 6.37. The van der Waals surface area contributed by atoms with Gasteiger partial charge in [-0.05, 0) is 36.8 Å². The SMILES string of the molecule is NC(CCC(=O)O)C(=O)Nc1ccc(Br)cc1C(=O)c1ccccn1. The van der Waals surface area contributed by atoms with Crippen LogP contribution in [0.4, 0.5) is 5.69 Å². The Morgan fingerprint density at radius 1 is 1.24 bits per heavy atom. The molecule has 8 heteroatoms. The second-order valence-corrected chi connectivity index (χ2v) is 6.18. The number of pyridine rings is 1. The summed E-state index contributed by atoms with van der Waals surface area (Å²) in [5.41, 5.74) is 6.48. The molecule has 130 valence electrons. The molecule has 1 aromatic heterocycles. The molecule has 0 aliphatic heterocycles. The zero-order chi connectivity index (χ0) is 18.4. The molecule has 0 aliphatic rings. The first-order valence-corrected chi connectivity index (χ1v) is 8.21. The van der Waals surface area contributed by atoms with Crippen molar-refractivity contribution in [2.24, 2.45) is 5.73 Å². The maximum absolute atomic E-state index is 12.6. The van der Waals surface area contributed by atoms with Gasteiger partial charge in [0.1, 0.15) is 5.69 Å². The molecular weight excluding hydrogens is 390 g/mol. The van der Waals surface area contributed by atoms with Crippen molar-refractivity contribution in [2.45, 2.75) is 18.9 Å². The number of halogens is 1. The van der Waals surface area contributed by atoms with Gasteiger partial charge < -0.3 is 16.2 Å². The molecule has 1 aromatic carbocycles. The number of carboxylic acid groups (broad SMARTS) is 1. The predicted octanol–water partition coefficient (Wildman–Crippen LogP) is 2.21. The summed E-state index contributed by atoms with van der Waals surface area (Å²) in [7, 11) is 0. The van der Waals surface area contributed by atoms with Crippen LogP contribution in [-0.4, -0.2) is 33.8 Å². The number of nitrogens with one attached hydrogen (secondary N) is 1. The third kappa shape index (κ3) is 5.20. The van der Waals surface area contributed by atoms with Gasteiger partial charge in [0.2, 0.25) is 11.7 Å². The maximum Gasteiger partial charge on any atom is 0.303 e. The van der Waals surface area contributed by atoms with Crippen LogP contribution in [-0.2, 0) is 9.59 Å². The normalized spacial score (nSPS) is 11.6. The topological polar surface area (TPSA) is 122 Å². The van der Waals surface area contributed by atoms with Crippen LogP contribution in [0.1, 0.15) is 28.9 Å². The molecule has 0 aliphatic carbocycles. The lowest BCUT2D eigenvalue weighted by molar-refractivity contribution is -0.137. The van der Waals surface area contributed by atoms with Crippen LogP contribution >= 0.6 is 15.9 Å². The van der Waals surface area contributed by atoms with Crippen LogP contribution in [0.2, 0.25) is 0 Å². The maximum atomic E-state index is 12.6. The van der Waals surface area contributed by atoms with Crippen LogP contribution in [0.15, 0.2) is 47.1 Å². The quantitative estimate of drug-likeness (QED) is 0.606. The number of rotatable bonds is 7. The number of benzene rings is 1. The van der Waals surface area contributed by atoms with Gasteiger partial charge in [-0.25, -0.2) is 0 Å². The highest BCUT2D eigenvalue weighted by atomic mass is 79.9. The summed E-state index contributed by atoms with van der Waals surface area (Å²) in [6.07, 6.45) is 1.29. The Morgan fingerprint density at radius 3 is 2.64 bits per heavy atom. The van der Waals surface area contributed by atoms with E-state index in [1.807, 2.05) is 0 Å². The summed E-state index contributed by atoms with van der Waals surface area (Å²) in [6.45, 7) is 0. The molecule has 1 heterocycles. The van der Waals surface area contributed by atoms with Crippen LogP contribution in [0.3, 0.4) is 0 Å². The Labute approximate surface area is 152 Å². The van der Waals surface area contributed by atoms with E-state index in [0.29, 0.717) is 4.47 Å². The second-order valence-electron chi connectivity index (χ2n) is 5.26. The molecule has 4 N–H and O–H groups in total. The fourth-order valence-corrected chi connectivity index (χ4v) is 2.44. The average Bonchev–Trinajstić information content (AvgIpc) is 2.61. The van der Waals surface area contributed by atoms with Crippen LogP contribution in [0, 0.1) is 0 Å². The number of hydrogen-bond donors (Lipinski definition) is 3. The smallest absolute Gasteiger partial charge is 0.303 e. The minimum Gasteiger partial charge on any atom is -0.481 e. The number of carbonyl (C=O) groups excluding carboxylic acids is 2. The van der Waals surface area contributed by atoms with E-state index in [1.54, 1.807) is 36.4 Å². The summed E-state index contributed by atoms with van der Waals surface area (Å²) in [6, 6.07) is 8.80. The Morgan fingerprint density at radius 2 is 2.00 bits per heavy atom. The van der Waals surface area contributed by atoms with Crippen molar-refractivity contribution in [3.63, 3.8) is 0 Å². The molecule has 1 amide bonds. The van der Waals surface area contributed by atoms with Crippen LogP contribution < -0.4 is 11.1 Å². The predicted molar refractivity (Wildman–Crippen MR) is 95.3 cm³/mol. The Balaban J connectivity index is 2.22. The number of carboxylic acids is 1. The molecule has 0 spiro atoms. The third-order valence-corrected chi connectivity index (χ3v) is 3.88. The van der Waals surface area contributed by atoms with Gasteiger partial charge in [-0.3, -0.25) is 19.4 Å². The first kappa shape index (κ1) is 18.8. The number of hydrogen-bond acceptors (Lipinski definition) is 5. The summed E-state index contributed by atoms with van der Waals surface area (Å²) in [4.78, 5) is 39.4. The molecule has 0 saturated carbocycles. The van der Waals surface area contributed by atoms with Gasteiger partial charge in [0.25, 0.3) is 0 Å². The van der Waals surface area contributed by atoms with E-state index in [9.17, 15) is 14.4 Å². The molecule has 0 radical (unpaired) electrons. The van der Waals surface area contributed by atoms with E-state index in [2.05, 4.69) is 26.2 Å². The average molecular weight is 406 g/mol. The molecule has 0 saturated heterocycles. The fraction of sp³-hybridized carbons (Fsp3) is 0.176. The number of aliphatic carboxylic acids is 1. The number of amides is 1. The monoisotopic (exact) mass is 405 g/mol. The summed E-state index contributed by atoms with van der Waals surface area (Å²) < 4.78 is 0.667. The minimum atomic E-state index is -1.03. The van der Waals surface area contributed by atoms with Gasteiger partial charge in [-0.2, -0.15) is 0 Å². The molecule has 0 fully saturated rings. The summed E-state index contributed by atoms with van der Waals surface area (Å²) in [5.74, 6) is -1.94. The van der Waals surface area contributed by atoms with E-state index in [1.165, 1.54) is 6.20 Å². The lowest BCUT2D eigenvalue weighted by atomic mass is 10.0. The molecule has 0 bridgehead atoms. The summed E-state index contributed by atoms with van der Waals surface area (Å²) >= 11 is 3.30. The van der Waals surface area contributed by atoms with Crippen molar-refractivity contribution in [3.8, 4) is 0 Å². The van der Waals surface area contributed by atoms with Gasteiger partial charge in [0.05, 0.1) is 11.7 Å². The largest absolute Gasteiger partial charge is 0.481 e. The van der Waals surface area contributed by atoms with E-state index in [-0.39, 0.29) is 35.6 Å². The van der Waals surface area contributed by atoms with Gasteiger partial charge in [-0.1, -0.05) is 22.0 Å². The zero-order valence-electron chi connectivity index (χ0n) is 13.1. The number of ketones is 1.